The lowest BCUT2D eigenvalue weighted by atomic mass is 9.94. The molecule has 1 atom stereocenters. The summed E-state index contributed by atoms with van der Waals surface area (Å²) in [5, 5.41) is 0. The molecule has 1 aliphatic heterocycles. The average molecular weight is 269 g/mol. The Hall–Kier alpha value is -0.160. The largest absolute Gasteiger partial charge is 0.374 e. The Labute approximate surface area is 118 Å². The number of ether oxygens (including phenoxy) is 1. The van der Waals surface area contributed by atoms with Crippen LogP contribution in [0, 0.1) is 0 Å². The number of nitrogens with two attached hydrogens (primary N) is 1. The van der Waals surface area contributed by atoms with E-state index in [1.807, 2.05) is 0 Å². The van der Waals surface area contributed by atoms with Crippen LogP contribution < -0.4 is 5.73 Å². The fraction of sp³-hybridized carbons (Fsp3) is 1.00. The molecule has 0 aromatic rings. The fourth-order valence-corrected chi connectivity index (χ4v) is 3.70. The molecule has 4 heteroatoms. The number of rotatable bonds is 6. The maximum Gasteiger partial charge on any atom is 0.0829 e. The van der Waals surface area contributed by atoms with Gasteiger partial charge in [0.1, 0.15) is 0 Å². The molecular formula is C15H31N3O. The molecule has 19 heavy (non-hydrogen) atoms. The first-order valence-electron chi connectivity index (χ1n) is 7.95. The number of hydrogen-bond donors (Lipinski definition) is 1. The second-order valence-corrected chi connectivity index (χ2v) is 6.34. The summed E-state index contributed by atoms with van der Waals surface area (Å²) in [4.78, 5) is 5.02. The minimum absolute atomic E-state index is 0.259. The van der Waals surface area contributed by atoms with Crippen molar-refractivity contribution >= 4 is 0 Å². The molecule has 2 rings (SSSR count). The van der Waals surface area contributed by atoms with Crippen molar-refractivity contribution in [2.45, 2.75) is 50.7 Å². The van der Waals surface area contributed by atoms with E-state index in [0.29, 0.717) is 6.10 Å². The van der Waals surface area contributed by atoms with Crippen molar-refractivity contribution in [2.24, 2.45) is 5.73 Å². The number of hydrogen-bond acceptors (Lipinski definition) is 4. The van der Waals surface area contributed by atoms with E-state index in [0.717, 1.165) is 39.3 Å². The van der Waals surface area contributed by atoms with Crippen LogP contribution >= 0.6 is 0 Å². The monoisotopic (exact) mass is 269 g/mol. The Balaban J connectivity index is 1.98. The lowest BCUT2D eigenvalue weighted by Gasteiger charge is -2.43. The van der Waals surface area contributed by atoms with E-state index in [2.05, 4.69) is 23.8 Å². The van der Waals surface area contributed by atoms with Gasteiger partial charge in [0, 0.05) is 31.7 Å². The third kappa shape index (κ3) is 3.69. The summed E-state index contributed by atoms with van der Waals surface area (Å²) >= 11 is 0. The molecule has 0 spiro atoms. The lowest BCUT2D eigenvalue weighted by Crippen LogP contribution is -2.56. The number of nitrogens with zero attached hydrogens (tertiary/aromatic N) is 2. The number of morpholine rings is 1. The van der Waals surface area contributed by atoms with Gasteiger partial charge >= 0.3 is 0 Å². The van der Waals surface area contributed by atoms with Gasteiger partial charge in [-0.15, -0.1) is 0 Å². The van der Waals surface area contributed by atoms with Crippen molar-refractivity contribution in [2.75, 3.05) is 46.4 Å². The minimum atomic E-state index is 0.259. The minimum Gasteiger partial charge on any atom is -0.374 e. The van der Waals surface area contributed by atoms with Gasteiger partial charge in [0.05, 0.1) is 12.7 Å². The molecule has 0 aromatic heterocycles. The fourth-order valence-electron chi connectivity index (χ4n) is 3.70. The van der Waals surface area contributed by atoms with Gasteiger partial charge in [0.2, 0.25) is 0 Å². The van der Waals surface area contributed by atoms with Gasteiger partial charge in [0.25, 0.3) is 0 Å². The first kappa shape index (κ1) is 15.2. The molecule has 1 aliphatic carbocycles. The summed E-state index contributed by atoms with van der Waals surface area (Å²) in [6, 6.07) is 0. The summed E-state index contributed by atoms with van der Waals surface area (Å²) in [6.45, 7) is 8.26. The van der Waals surface area contributed by atoms with E-state index in [1.54, 1.807) is 0 Å². The van der Waals surface area contributed by atoms with Crippen molar-refractivity contribution in [3.63, 3.8) is 0 Å². The second kappa shape index (κ2) is 7.02. The highest BCUT2D eigenvalue weighted by Gasteiger charge is 2.39. The quantitative estimate of drug-likeness (QED) is 0.789. The molecule has 0 aromatic carbocycles. The van der Waals surface area contributed by atoms with Crippen LogP contribution in [0.2, 0.25) is 0 Å². The zero-order valence-corrected chi connectivity index (χ0v) is 12.7. The van der Waals surface area contributed by atoms with E-state index >= 15 is 0 Å². The molecule has 2 N–H and O–H groups in total. The molecule has 1 saturated heterocycles. The van der Waals surface area contributed by atoms with Crippen LogP contribution in [0.25, 0.3) is 0 Å². The van der Waals surface area contributed by atoms with Crippen molar-refractivity contribution < 1.29 is 4.74 Å². The molecule has 4 nitrogen and oxygen atoms in total. The SMILES string of the molecule is CCCN(CC1CN(C)CCO1)C1(CN)CCCC1. The van der Waals surface area contributed by atoms with Gasteiger partial charge in [-0.3, -0.25) is 4.90 Å². The van der Waals surface area contributed by atoms with Crippen molar-refractivity contribution in [1.29, 1.82) is 0 Å². The van der Waals surface area contributed by atoms with Crippen molar-refractivity contribution in [1.82, 2.24) is 9.80 Å². The Kier molecular flexibility index (Phi) is 5.63. The van der Waals surface area contributed by atoms with Gasteiger partial charge in [0.15, 0.2) is 0 Å². The van der Waals surface area contributed by atoms with Gasteiger partial charge in [-0.1, -0.05) is 19.8 Å². The van der Waals surface area contributed by atoms with Crippen LogP contribution in [0.15, 0.2) is 0 Å². The predicted molar refractivity (Wildman–Crippen MR) is 79.4 cm³/mol. The molecule has 0 bridgehead atoms. The maximum atomic E-state index is 6.14. The molecule has 2 fully saturated rings. The van der Waals surface area contributed by atoms with Crippen molar-refractivity contribution in [3.8, 4) is 0 Å². The summed E-state index contributed by atoms with van der Waals surface area (Å²) in [6.07, 6.45) is 6.77. The summed E-state index contributed by atoms with van der Waals surface area (Å²) < 4.78 is 5.95. The zero-order chi connectivity index (χ0) is 13.7. The van der Waals surface area contributed by atoms with Gasteiger partial charge in [-0.25, -0.2) is 0 Å². The van der Waals surface area contributed by atoms with Crippen LogP contribution in [0.1, 0.15) is 39.0 Å². The van der Waals surface area contributed by atoms with Crippen LogP contribution in [-0.2, 0) is 4.74 Å². The molecule has 112 valence electrons. The molecule has 0 amide bonds. The van der Waals surface area contributed by atoms with Crippen LogP contribution in [0.5, 0.6) is 0 Å². The predicted octanol–water partition coefficient (Wildman–Crippen LogP) is 1.30. The first-order chi connectivity index (χ1) is 9.20. The van der Waals surface area contributed by atoms with Crippen LogP contribution in [-0.4, -0.2) is 67.8 Å². The Morgan fingerprint density at radius 3 is 2.68 bits per heavy atom. The number of likely N-dealkylation sites (N-methyl/N-ethyl adjacent to an activating group) is 1. The third-order valence-corrected chi connectivity index (χ3v) is 4.84. The molecule has 2 aliphatic rings. The zero-order valence-electron chi connectivity index (χ0n) is 12.7. The van der Waals surface area contributed by atoms with E-state index in [-0.39, 0.29) is 5.54 Å². The lowest BCUT2D eigenvalue weighted by molar-refractivity contribution is -0.0529. The Morgan fingerprint density at radius 2 is 2.11 bits per heavy atom. The molecule has 1 saturated carbocycles. The maximum absolute atomic E-state index is 6.14. The molecule has 1 unspecified atom stereocenters. The van der Waals surface area contributed by atoms with E-state index in [4.69, 9.17) is 10.5 Å². The van der Waals surface area contributed by atoms with E-state index < -0.39 is 0 Å². The topological polar surface area (TPSA) is 41.7 Å². The first-order valence-corrected chi connectivity index (χ1v) is 7.95. The van der Waals surface area contributed by atoms with Gasteiger partial charge in [-0.2, -0.15) is 0 Å². The van der Waals surface area contributed by atoms with Gasteiger partial charge in [-0.05, 0) is 32.9 Å². The molecular weight excluding hydrogens is 238 g/mol. The summed E-state index contributed by atoms with van der Waals surface area (Å²) in [7, 11) is 2.19. The third-order valence-electron chi connectivity index (χ3n) is 4.84. The van der Waals surface area contributed by atoms with Crippen LogP contribution in [0.4, 0.5) is 0 Å². The van der Waals surface area contributed by atoms with E-state index in [1.165, 1.54) is 32.1 Å². The van der Waals surface area contributed by atoms with Crippen LogP contribution in [0.3, 0.4) is 0 Å². The smallest absolute Gasteiger partial charge is 0.0829 e. The molecule has 1 heterocycles. The van der Waals surface area contributed by atoms with E-state index in [9.17, 15) is 0 Å². The second-order valence-electron chi connectivity index (χ2n) is 6.34. The average Bonchev–Trinajstić information content (AvgIpc) is 2.88. The highest BCUT2D eigenvalue weighted by Crippen LogP contribution is 2.35. The standard InChI is InChI=1S/C15H31N3O/c1-3-8-18(15(13-16)6-4-5-7-15)12-14-11-17(2)9-10-19-14/h14H,3-13,16H2,1-2H3. The Morgan fingerprint density at radius 1 is 1.37 bits per heavy atom. The summed E-state index contributed by atoms with van der Waals surface area (Å²) in [5.41, 5.74) is 6.40. The summed E-state index contributed by atoms with van der Waals surface area (Å²) in [5.74, 6) is 0. The normalized spacial score (nSPS) is 28.1. The van der Waals surface area contributed by atoms with Gasteiger partial charge < -0.3 is 15.4 Å². The molecule has 0 radical (unpaired) electrons. The highest BCUT2D eigenvalue weighted by molar-refractivity contribution is 4.96. The Bertz CT molecular complexity index is 266. The van der Waals surface area contributed by atoms with Crippen molar-refractivity contribution in [3.05, 3.63) is 0 Å². The highest BCUT2D eigenvalue weighted by atomic mass is 16.5.